The van der Waals surface area contributed by atoms with Gasteiger partial charge in [0.2, 0.25) is 0 Å². The number of halogens is 3. The molecule has 3 nitrogen and oxygen atoms in total. The largest absolute Gasteiger partial charge is 0.388 e. The molecule has 1 aromatic rings. The average Bonchev–Trinajstić information content (AvgIpc) is 2.41. The number of aliphatic hydroxyl groups excluding tert-OH is 1. The maximum atomic E-state index is 13.7. The van der Waals surface area contributed by atoms with Gasteiger partial charge in [0.25, 0.3) is 0 Å². The van der Waals surface area contributed by atoms with E-state index in [1.165, 1.54) is 0 Å². The monoisotopic (exact) mass is 322 g/mol. The fourth-order valence-electron chi connectivity index (χ4n) is 2.88. The Hall–Kier alpha value is -1.08. The number of aliphatic hydroxyl groups is 1. The third-order valence-electron chi connectivity index (χ3n) is 4.08. The summed E-state index contributed by atoms with van der Waals surface area (Å²) in [6.07, 6.45) is 1.59. The standard InChI is InChI=1S/C14H17F3O3S/c1-21(19,20)9-4-2-3-8(5-9)14(18)10-6-12(16)13(17)7-11(10)15/h6-9,14,18H,2-5H2,1H3. The highest BCUT2D eigenvalue weighted by molar-refractivity contribution is 7.91. The highest BCUT2D eigenvalue weighted by Crippen LogP contribution is 2.37. The summed E-state index contributed by atoms with van der Waals surface area (Å²) in [4.78, 5) is 0. The normalized spacial score (nSPS) is 24.8. The van der Waals surface area contributed by atoms with Crippen LogP contribution in [0.3, 0.4) is 0 Å². The van der Waals surface area contributed by atoms with Crippen molar-refractivity contribution in [2.45, 2.75) is 37.0 Å². The van der Waals surface area contributed by atoms with Gasteiger partial charge in [0.15, 0.2) is 11.6 Å². The van der Waals surface area contributed by atoms with Crippen LogP contribution in [0.1, 0.15) is 37.4 Å². The molecule has 0 amide bonds. The molecule has 118 valence electrons. The summed E-state index contributed by atoms with van der Waals surface area (Å²) in [5, 5.41) is 9.62. The van der Waals surface area contributed by atoms with Crippen LogP contribution in [0.5, 0.6) is 0 Å². The van der Waals surface area contributed by atoms with Gasteiger partial charge in [-0.15, -0.1) is 0 Å². The van der Waals surface area contributed by atoms with E-state index >= 15 is 0 Å². The first-order valence-corrected chi connectivity index (χ1v) is 8.67. The van der Waals surface area contributed by atoms with Crippen LogP contribution in [-0.4, -0.2) is 25.0 Å². The number of hydrogen-bond acceptors (Lipinski definition) is 3. The molecule has 3 unspecified atom stereocenters. The third-order valence-corrected chi connectivity index (χ3v) is 5.72. The minimum Gasteiger partial charge on any atom is -0.388 e. The van der Waals surface area contributed by atoms with Gasteiger partial charge >= 0.3 is 0 Å². The Bertz CT molecular complexity index is 631. The molecular weight excluding hydrogens is 305 g/mol. The third kappa shape index (κ3) is 3.58. The first-order chi connectivity index (χ1) is 9.70. The lowest BCUT2D eigenvalue weighted by Crippen LogP contribution is -2.30. The Balaban J connectivity index is 2.24. The van der Waals surface area contributed by atoms with Gasteiger partial charge in [0.05, 0.1) is 11.4 Å². The smallest absolute Gasteiger partial charge is 0.161 e. The summed E-state index contributed by atoms with van der Waals surface area (Å²) in [6.45, 7) is 0. The van der Waals surface area contributed by atoms with Crippen LogP contribution in [0.2, 0.25) is 0 Å². The molecule has 1 N–H and O–H groups in total. The molecule has 0 radical (unpaired) electrons. The summed E-state index contributed by atoms with van der Waals surface area (Å²) in [7, 11) is -3.24. The van der Waals surface area contributed by atoms with Gasteiger partial charge in [0.1, 0.15) is 15.7 Å². The van der Waals surface area contributed by atoms with E-state index in [2.05, 4.69) is 0 Å². The molecule has 0 saturated heterocycles. The zero-order chi connectivity index (χ0) is 15.8. The van der Waals surface area contributed by atoms with E-state index in [1.807, 2.05) is 0 Å². The second-order valence-corrected chi connectivity index (χ2v) is 7.94. The molecule has 0 heterocycles. The van der Waals surface area contributed by atoms with Gasteiger partial charge in [0, 0.05) is 17.9 Å². The molecule has 1 aliphatic carbocycles. The molecule has 0 aromatic heterocycles. The maximum absolute atomic E-state index is 13.7. The molecule has 0 spiro atoms. The minimum atomic E-state index is -3.24. The Morgan fingerprint density at radius 3 is 2.38 bits per heavy atom. The Morgan fingerprint density at radius 2 is 1.76 bits per heavy atom. The predicted molar refractivity (Wildman–Crippen MR) is 71.9 cm³/mol. The molecule has 3 atom stereocenters. The van der Waals surface area contributed by atoms with E-state index in [-0.39, 0.29) is 12.0 Å². The van der Waals surface area contributed by atoms with Crippen LogP contribution in [0, 0.1) is 23.4 Å². The van der Waals surface area contributed by atoms with E-state index < -0.39 is 44.6 Å². The van der Waals surface area contributed by atoms with Crippen LogP contribution in [0.4, 0.5) is 13.2 Å². The predicted octanol–water partition coefficient (Wildman–Crippen LogP) is 2.74. The van der Waals surface area contributed by atoms with Crippen molar-refractivity contribution in [3.05, 3.63) is 35.1 Å². The van der Waals surface area contributed by atoms with Crippen molar-refractivity contribution >= 4 is 9.84 Å². The molecule has 1 fully saturated rings. The zero-order valence-corrected chi connectivity index (χ0v) is 12.3. The molecule has 0 bridgehead atoms. The molecule has 0 aliphatic heterocycles. The fraction of sp³-hybridized carbons (Fsp3) is 0.571. The van der Waals surface area contributed by atoms with E-state index in [0.29, 0.717) is 31.4 Å². The van der Waals surface area contributed by atoms with Gasteiger partial charge in [-0.3, -0.25) is 0 Å². The Kier molecular flexibility index (Phi) is 4.63. The highest BCUT2D eigenvalue weighted by Gasteiger charge is 2.34. The van der Waals surface area contributed by atoms with Crippen LogP contribution in [0.15, 0.2) is 12.1 Å². The van der Waals surface area contributed by atoms with Gasteiger partial charge < -0.3 is 5.11 Å². The van der Waals surface area contributed by atoms with Crippen molar-refractivity contribution in [1.29, 1.82) is 0 Å². The molecule has 1 aromatic carbocycles. The van der Waals surface area contributed by atoms with Crippen molar-refractivity contribution in [3.63, 3.8) is 0 Å². The molecule has 7 heteroatoms. The van der Waals surface area contributed by atoms with Crippen LogP contribution >= 0.6 is 0 Å². The van der Waals surface area contributed by atoms with Crippen molar-refractivity contribution in [3.8, 4) is 0 Å². The van der Waals surface area contributed by atoms with Crippen LogP contribution in [0.25, 0.3) is 0 Å². The second-order valence-electron chi connectivity index (χ2n) is 5.61. The molecular formula is C14H17F3O3S. The minimum absolute atomic E-state index is 0.193. The first kappa shape index (κ1) is 16.3. The van der Waals surface area contributed by atoms with Crippen molar-refractivity contribution in [2.75, 3.05) is 6.26 Å². The van der Waals surface area contributed by atoms with Gasteiger partial charge in [-0.25, -0.2) is 21.6 Å². The van der Waals surface area contributed by atoms with Crippen LogP contribution in [-0.2, 0) is 9.84 Å². The SMILES string of the molecule is CS(=O)(=O)C1CCCC(C(O)c2cc(F)c(F)cc2F)C1. The first-order valence-electron chi connectivity index (χ1n) is 6.71. The number of sulfone groups is 1. The van der Waals surface area contributed by atoms with E-state index in [0.717, 1.165) is 6.26 Å². The van der Waals surface area contributed by atoms with Crippen molar-refractivity contribution in [2.24, 2.45) is 5.92 Å². The molecule has 21 heavy (non-hydrogen) atoms. The topological polar surface area (TPSA) is 54.4 Å². The lowest BCUT2D eigenvalue weighted by Gasteiger charge is -2.31. The summed E-state index contributed by atoms with van der Waals surface area (Å²) in [5.74, 6) is -4.07. The van der Waals surface area contributed by atoms with Gasteiger partial charge in [-0.05, 0) is 31.2 Å². The summed E-state index contributed by atoms with van der Waals surface area (Å²) < 4.78 is 63.0. The fourth-order valence-corrected chi connectivity index (χ4v) is 4.07. The quantitative estimate of drug-likeness (QED) is 0.871. The van der Waals surface area contributed by atoms with E-state index in [9.17, 15) is 26.7 Å². The van der Waals surface area contributed by atoms with E-state index in [4.69, 9.17) is 0 Å². The lowest BCUT2D eigenvalue weighted by atomic mass is 9.82. The Labute approximate surface area is 121 Å². The zero-order valence-electron chi connectivity index (χ0n) is 11.5. The lowest BCUT2D eigenvalue weighted by molar-refractivity contribution is 0.0820. The van der Waals surface area contributed by atoms with Gasteiger partial charge in [-0.1, -0.05) is 6.42 Å². The summed E-state index contributed by atoms with van der Waals surface area (Å²) >= 11 is 0. The summed E-state index contributed by atoms with van der Waals surface area (Å²) in [5.41, 5.74) is -0.326. The van der Waals surface area contributed by atoms with Gasteiger partial charge in [-0.2, -0.15) is 0 Å². The number of hydrogen-bond donors (Lipinski definition) is 1. The number of benzene rings is 1. The van der Waals surface area contributed by atoms with Crippen LogP contribution < -0.4 is 0 Å². The molecule has 2 rings (SSSR count). The second kappa shape index (κ2) is 5.96. The number of rotatable bonds is 3. The van der Waals surface area contributed by atoms with E-state index in [1.54, 1.807) is 0 Å². The maximum Gasteiger partial charge on any atom is 0.161 e. The average molecular weight is 322 g/mol. The molecule has 1 saturated carbocycles. The molecule has 1 aliphatic rings. The summed E-state index contributed by atoms with van der Waals surface area (Å²) in [6, 6.07) is 1.03. The van der Waals surface area contributed by atoms with Crippen molar-refractivity contribution < 1.29 is 26.7 Å². The van der Waals surface area contributed by atoms with Crippen molar-refractivity contribution in [1.82, 2.24) is 0 Å². The Morgan fingerprint density at radius 1 is 1.14 bits per heavy atom. The highest BCUT2D eigenvalue weighted by atomic mass is 32.2.